The molecule has 0 aliphatic heterocycles. The number of carbonyl (C=O) groups excluding carboxylic acids is 2. The average molecular weight is 514 g/mol. The Labute approximate surface area is 216 Å². The number of aromatic amines is 1. The highest BCUT2D eigenvalue weighted by Crippen LogP contribution is 2.32. The number of aromatic nitrogens is 4. The lowest BCUT2D eigenvalue weighted by molar-refractivity contribution is -0.124. The van der Waals surface area contributed by atoms with Crippen molar-refractivity contribution in [1.29, 1.82) is 0 Å². The van der Waals surface area contributed by atoms with E-state index in [1.54, 1.807) is 44.6 Å². The first-order chi connectivity index (χ1) is 18.1. The summed E-state index contributed by atoms with van der Waals surface area (Å²) >= 11 is 1.28. The SMILES string of the molecule is CCC(OC(=O)c1ccc2nc(-c3cccnc3)[nH]c2c1)C(=O)Nc1nc(-c2ccccc2OC)cs1. The number of H-pyrrole nitrogens is 1. The monoisotopic (exact) mass is 513 g/mol. The third-order valence-electron chi connectivity index (χ3n) is 5.68. The van der Waals surface area contributed by atoms with Gasteiger partial charge in [-0.3, -0.25) is 15.1 Å². The van der Waals surface area contributed by atoms with Crippen molar-refractivity contribution in [2.45, 2.75) is 19.4 Å². The molecular weight excluding hydrogens is 490 g/mol. The van der Waals surface area contributed by atoms with Crippen LogP contribution in [0.2, 0.25) is 0 Å². The number of hydrogen-bond acceptors (Lipinski definition) is 8. The molecular formula is C27H23N5O4S. The standard InChI is InChI=1S/C27H23N5O4S/c1-3-22(25(33)32-27-31-21(15-37-27)18-8-4-5-9-23(18)35-2)36-26(34)16-10-11-19-20(13-16)30-24(29-19)17-7-6-12-28-14-17/h4-15,22H,3H2,1-2H3,(H,29,30)(H,31,32,33). The number of nitrogens with zero attached hydrogens (tertiary/aromatic N) is 3. The molecule has 0 aliphatic rings. The van der Waals surface area contributed by atoms with Gasteiger partial charge in [0.1, 0.15) is 11.6 Å². The number of nitrogens with one attached hydrogen (secondary N) is 2. The number of anilines is 1. The quantitative estimate of drug-likeness (QED) is 0.269. The number of methoxy groups -OCH3 is 1. The first-order valence-corrected chi connectivity index (χ1v) is 12.4. The fraction of sp³-hybridized carbons (Fsp3) is 0.148. The first kappa shape index (κ1) is 24.1. The van der Waals surface area contributed by atoms with E-state index in [4.69, 9.17) is 9.47 Å². The van der Waals surface area contributed by atoms with Gasteiger partial charge in [-0.25, -0.2) is 14.8 Å². The average Bonchev–Trinajstić information content (AvgIpc) is 3.58. The summed E-state index contributed by atoms with van der Waals surface area (Å²) in [7, 11) is 1.60. The minimum Gasteiger partial charge on any atom is -0.496 e. The summed E-state index contributed by atoms with van der Waals surface area (Å²) < 4.78 is 10.9. The molecule has 1 atom stereocenters. The van der Waals surface area contributed by atoms with Crippen LogP contribution < -0.4 is 10.1 Å². The Kier molecular flexibility index (Phi) is 6.91. The summed E-state index contributed by atoms with van der Waals surface area (Å²) in [6, 6.07) is 16.3. The fourth-order valence-corrected chi connectivity index (χ4v) is 4.51. The van der Waals surface area contributed by atoms with Crippen LogP contribution in [0.25, 0.3) is 33.7 Å². The molecule has 2 N–H and O–H groups in total. The predicted molar refractivity (Wildman–Crippen MR) is 142 cm³/mol. The lowest BCUT2D eigenvalue weighted by atomic mass is 10.1. The maximum Gasteiger partial charge on any atom is 0.338 e. The van der Waals surface area contributed by atoms with Gasteiger partial charge in [0.2, 0.25) is 0 Å². The van der Waals surface area contributed by atoms with E-state index in [1.807, 2.05) is 41.8 Å². The number of pyridine rings is 1. The van der Waals surface area contributed by atoms with Crippen molar-refractivity contribution in [3.8, 4) is 28.4 Å². The lowest BCUT2D eigenvalue weighted by Gasteiger charge is -2.15. The third-order valence-corrected chi connectivity index (χ3v) is 6.44. The number of hydrogen-bond donors (Lipinski definition) is 2. The van der Waals surface area contributed by atoms with Crippen LogP contribution in [0.4, 0.5) is 5.13 Å². The first-order valence-electron chi connectivity index (χ1n) is 11.6. The number of fused-ring (bicyclic) bond motifs is 1. The Morgan fingerprint density at radius 1 is 1.11 bits per heavy atom. The van der Waals surface area contributed by atoms with Crippen molar-refractivity contribution < 1.29 is 19.1 Å². The van der Waals surface area contributed by atoms with Crippen molar-refractivity contribution in [2.75, 3.05) is 12.4 Å². The molecule has 9 nitrogen and oxygen atoms in total. The van der Waals surface area contributed by atoms with Gasteiger partial charge in [0.15, 0.2) is 11.2 Å². The summed E-state index contributed by atoms with van der Waals surface area (Å²) in [5.74, 6) is 0.289. The van der Waals surface area contributed by atoms with Crippen LogP contribution in [0.15, 0.2) is 72.4 Å². The van der Waals surface area contributed by atoms with Crippen LogP contribution in [0.3, 0.4) is 0 Å². The van der Waals surface area contributed by atoms with Gasteiger partial charge in [-0.1, -0.05) is 19.1 Å². The van der Waals surface area contributed by atoms with Crippen LogP contribution >= 0.6 is 11.3 Å². The van der Waals surface area contributed by atoms with Gasteiger partial charge in [-0.15, -0.1) is 11.3 Å². The minimum absolute atomic E-state index is 0.305. The molecule has 0 fully saturated rings. The third kappa shape index (κ3) is 5.19. The zero-order valence-electron chi connectivity index (χ0n) is 20.1. The van der Waals surface area contributed by atoms with Gasteiger partial charge in [-0.2, -0.15) is 0 Å². The number of thiazole rings is 1. The Morgan fingerprint density at radius 2 is 1.97 bits per heavy atom. The van der Waals surface area contributed by atoms with E-state index in [0.29, 0.717) is 45.4 Å². The number of rotatable bonds is 8. The topological polar surface area (TPSA) is 119 Å². The molecule has 0 aliphatic carbocycles. The maximum absolute atomic E-state index is 12.9. The van der Waals surface area contributed by atoms with E-state index in [0.717, 1.165) is 11.1 Å². The van der Waals surface area contributed by atoms with Crippen LogP contribution in [-0.4, -0.2) is 45.0 Å². The second-order valence-electron chi connectivity index (χ2n) is 8.09. The summed E-state index contributed by atoms with van der Waals surface area (Å²) in [6.45, 7) is 1.78. The highest BCUT2D eigenvalue weighted by Gasteiger charge is 2.24. The van der Waals surface area contributed by atoms with E-state index >= 15 is 0 Å². The Balaban J connectivity index is 1.27. The smallest absolute Gasteiger partial charge is 0.338 e. The zero-order chi connectivity index (χ0) is 25.8. The number of ether oxygens (including phenoxy) is 2. The highest BCUT2D eigenvalue weighted by atomic mass is 32.1. The molecule has 1 unspecified atom stereocenters. The van der Waals surface area contributed by atoms with Crippen LogP contribution in [0, 0.1) is 0 Å². The van der Waals surface area contributed by atoms with Gasteiger partial charge in [0, 0.05) is 28.9 Å². The fourth-order valence-electron chi connectivity index (χ4n) is 3.79. The predicted octanol–water partition coefficient (Wildman–Crippen LogP) is 5.33. The normalized spacial score (nSPS) is 11.7. The van der Waals surface area contributed by atoms with Gasteiger partial charge in [0.25, 0.3) is 5.91 Å². The number of amides is 1. The number of para-hydroxylation sites is 1. The number of imidazole rings is 1. The molecule has 5 rings (SSSR count). The summed E-state index contributed by atoms with van der Waals surface area (Å²) in [5, 5.41) is 4.99. The molecule has 3 aromatic heterocycles. The summed E-state index contributed by atoms with van der Waals surface area (Å²) in [4.78, 5) is 42.1. The van der Waals surface area contributed by atoms with Crippen molar-refractivity contribution >= 4 is 39.4 Å². The van der Waals surface area contributed by atoms with E-state index in [9.17, 15) is 9.59 Å². The second kappa shape index (κ2) is 10.6. The number of esters is 1. The highest BCUT2D eigenvalue weighted by molar-refractivity contribution is 7.14. The lowest BCUT2D eigenvalue weighted by Crippen LogP contribution is -2.32. The van der Waals surface area contributed by atoms with E-state index in [1.165, 1.54) is 11.3 Å². The number of benzene rings is 2. The van der Waals surface area contributed by atoms with Crippen molar-refractivity contribution in [2.24, 2.45) is 0 Å². The molecule has 0 bridgehead atoms. The molecule has 3 heterocycles. The minimum atomic E-state index is -0.977. The molecule has 1 amide bonds. The second-order valence-corrected chi connectivity index (χ2v) is 8.95. The van der Waals surface area contributed by atoms with Gasteiger partial charge in [0.05, 0.1) is 29.4 Å². The van der Waals surface area contributed by atoms with Crippen molar-refractivity contribution in [3.63, 3.8) is 0 Å². The van der Waals surface area contributed by atoms with Gasteiger partial charge in [-0.05, 0) is 48.9 Å². The molecule has 186 valence electrons. The molecule has 0 saturated carbocycles. The van der Waals surface area contributed by atoms with Gasteiger partial charge >= 0.3 is 5.97 Å². The molecule has 10 heteroatoms. The van der Waals surface area contributed by atoms with E-state index in [-0.39, 0.29) is 0 Å². The largest absolute Gasteiger partial charge is 0.496 e. The van der Waals surface area contributed by atoms with E-state index in [2.05, 4.69) is 25.3 Å². The zero-order valence-corrected chi connectivity index (χ0v) is 20.9. The van der Waals surface area contributed by atoms with Crippen LogP contribution in [0.5, 0.6) is 5.75 Å². The number of carbonyl (C=O) groups is 2. The molecule has 0 saturated heterocycles. The van der Waals surface area contributed by atoms with Crippen molar-refractivity contribution in [1.82, 2.24) is 19.9 Å². The van der Waals surface area contributed by atoms with Crippen LogP contribution in [-0.2, 0) is 9.53 Å². The molecule has 0 spiro atoms. The molecule has 5 aromatic rings. The summed E-state index contributed by atoms with van der Waals surface area (Å²) in [6.07, 6.45) is 2.72. The summed E-state index contributed by atoms with van der Waals surface area (Å²) in [5.41, 5.74) is 4.03. The molecule has 0 radical (unpaired) electrons. The molecule has 37 heavy (non-hydrogen) atoms. The van der Waals surface area contributed by atoms with Crippen LogP contribution in [0.1, 0.15) is 23.7 Å². The Hall–Kier alpha value is -4.57. The van der Waals surface area contributed by atoms with E-state index < -0.39 is 18.0 Å². The Bertz CT molecular complexity index is 1560. The molecule has 2 aromatic carbocycles. The Morgan fingerprint density at radius 3 is 2.76 bits per heavy atom. The van der Waals surface area contributed by atoms with Crippen molar-refractivity contribution in [3.05, 3.63) is 77.9 Å². The van der Waals surface area contributed by atoms with Gasteiger partial charge < -0.3 is 14.5 Å². The maximum atomic E-state index is 12.9.